The summed E-state index contributed by atoms with van der Waals surface area (Å²) in [5.74, 6) is 0. The van der Waals surface area contributed by atoms with Gasteiger partial charge in [0.05, 0.1) is 0 Å². The topological polar surface area (TPSA) is 14.1 Å². The Morgan fingerprint density at radius 2 is 1.44 bits per heavy atom. The van der Waals surface area contributed by atoms with Crippen LogP contribution in [0.3, 0.4) is 0 Å². The second kappa shape index (κ2) is 4.57. The Morgan fingerprint density at radius 1 is 1.11 bits per heavy atom. The van der Waals surface area contributed by atoms with Gasteiger partial charge in [-0.2, -0.15) is 0 Å². The second-order valence-electron chi connectivity index (χ2n) is 3.39. The van der Waals surface area contributed by atoms with Gasteiger partial charge < -0.3 is 4.98 Å². The van der Waals surface area contributed by atoms with Crippen LogP contribution in [-0.4, -0.2) is 14.3 Å². The van der Waals surface area contributed by atoms with Crippen LogP contribution in [0, 0.1) is 0 Å². The minimum Gasteiger partial charge on any atom is -0.663 e. The summed E-state index contributed by atoms with van der Waals surface area (Å²) in [5.41, 5.74) is 0. The maximum Gasteiger partial charge on any atom is 1.00 e. The van der Waals surface area contributed by atoms with Crippen molar-refractivity contribution in [2.75, 3.05) is 0 Å². The fourth-order valence-corrected chi connectivity index (χ4v) is 2.32. The predicted molar refractivity (Wildman–Crippen MR) is 41.8 cm³/mol. The summed E-state index contributed by atoms with van der Waals surface area (Å²) >= 11 is 0. The van der Waals surface area contributed by atoms with Crippen molar-refractivity contribution in [1.82, 2.24) is 0 Å². The molecule has 0 aliphatic heterocycles. The van der Waals surface area contributed by atoms with E-state index >= 15 is 0 Å². The maximum atomic E-state index is 4.55. The molecule has 0 heterocycles. The zero-order chi connectivity index (χ0) is 6.78. The molecule has 0 saturated heterocycles. The van der Waals surface area contributed by atoms with Gasteiger partial charge in [-0.3, -0.25) is 0 Å². The third kappa shape index (κ3) is 12.1. The number of hydrogen-bond donors (Lipinski definition) is 0. The molecular formula is C6H16LiNSi. The van der Waals surface area contributed by atoms with Crippen molar-refractivity contribution < 1.29 is 18.9 Å². The first-order valence-corrected chi connectivity index (χ1v) is 6.58. The van der Waals surface area contributed by atoms with Crippen molar-refractivity contribution in [1.29, 1.82) is 0 Å². The molecule has 0 bridgehead atoms. The molecule has 0 atom stereocenters. The molecular weight excluding hydrogens is 121 g/mol. The Balaban J connectivity index is 0. The van der Waals surface area contributed by atoms with Gasteiger partial charge in [-0.05, 0) is 0 Å². The number of nitrogens with zero attached hydrogens (tertiary/aromatic N) is 1. The smallest absolute Gasteiger partial charge is 0.663 e. The zero-order valence-electron chi connectivity index (χ0n) is 7.52. The van der Waals surface area contributed by atoms with Crippen molar-refractivity contribution in [3.63, 3.8) is 0 Å². The first-order chi connectivity index (χ1) is 3.42. The van der Waals surface area contributed by atoms with Gasteiger partial charge in [0.2, 0.25) is 0 Å². The van der Waals surface area contributed by atoms with Crippen molar-refractivity contribution in [2.24, 2.45) is 0 Å². The second-order valence-corrected chi connectivity index (χ2v) is 7.99. The van der Waals surface area contributed by atoms with E-state index in [1.807, 2.05) is 0 Å². The summed E-state index contributed by atoms with van der Waals surface area (Å²) in [4.78, 5) is 4.55. The van der Waals surface area contributed by atoms with E-state index in [9.17, 15) is 0 Å². The molecule has 9 heavy (non-hydrogen) atoms. The van der Waals surface area contributed by atoms with Crippen molar-refractivity contribution in [2.45, 2.75) is 39.5 Å². The molecule has 50 valence electrons. The fourth-order valence-electron chi connectivity index (χ4n) is 0.775. The van der Waals surface area contributed by atoms with Crippen LogP contribution < -0.4 is 18.9 Å². The monoisotopic (exact) mass is 137 g/mol. The number of rotatable bonds is 2. The molecule has 0 saturated carbocycles. The van der Waals surface area contributed by atoms with Crippen LogP contribution in [0.15, 0.2) is 0 Å². The van der Waals surface area contributed by atoms with E-state index < -0.39 is 8.24 Å². The fraction of sp³-hybridized carbons (Fsp3) is 1.00. The van der Waals surface area contributed by atoms with Gasteiger partial charge in [-0.1, -0.05) is 41.7 Å². The molecule has 0 N–H and O–H groups in total. The summed E-state index contributed by atoms with van der Waals surface area (Å²) in [6.45, 7) is 11.0. The molecule has 3 heteroatoms. The summed E-state index contributed by atoms with van der Waals surface area (Å²) in [7, 11) is -1.10. The van der Waals surface area contributed by atoms with E-state index in [4.69, 9.17) is 0 Å². The van der Waals surface area contributed by atoms with Crippen molar-refractivity contribution in [3.8, 4) is 0 Å². The van der Waals surface area contributed by atoms with Crippen LogP contribution in [-0.2, 0) is 0 Å². The Labute approximate surface area is 71.9 Å². The van der Waals surface area contributed by atoms with E-state index in [2.05, 4.69) is 38.5 Å². The largest absolute Gasteiger partial charge is 1.00 e. The van der Waals surface area contributed by atoms with Crippen LogP contribution in [0.4, 0.5) is 0 Å². The molecule has 0 fully saturated rings. The Hall–Kier alpha value is 0.774. The van der Waals surface area contributed by atoms with E-state index in [1.54, 1.807) is 0 Å². The molecule has 1 nitrogen and oxygen atoms in total. The van der Waals surface area contributed by atoms with E-state index in [-0.39, 0.29) is 18.9 Å². The molecule has 0 unspecified atom stereocenters. The molecule has 0 amide bonds. The van der Waals surface area contributed by atoms with Crippen molar-refractivity contribution >= 4 is 8.24 Å². The summed E-state index contributed by atoms with van der Waals surface area (Å²) in [6.07, 6.45) is 0. The van der Waals surface area contributed by atoms with E-state index in [0.717, 1.165) is 0 Å². The normalized spacial score (nSPS) is 11.3. The SMILES string of the molecule is CC(C)[N-][Si](C)(C)C.[Li+]. The maximum absolute atomic E-state index is 4.55. The first-order valence-electron chi connectivity index (χ1n) is 3.14. The molecule has 0 spiro atoms. The quantitative estimate of drug-likeness (QED) is 0.460. The third-order valence-corrected chi connectivity index (χ3v) is 1.94. The van der Waals surface area contributed by atoms with Gasteiger partial charge in [-0.15, -0.1) is 6.04 Å². The van der Waals surface area contributed by atoms with Gasteiger partial charge in [-0.25, -0.2) is 0 Å². The summed E-state index contributed by atoms with van der Waals surface area (Å²) < 4.78 is 0. The molecule has 0 radical (unpaired) electrons. The summed E-state index contributed by atoms with van der Waals surface area (Å²) in [5, 5.41) is 0. The summed E-state index contributed by atoms with van der Waals surface area (Å²) in [6, 6.07) is 0.529. The average molecular weight is 137 g/mol. The molecule has 0 aromatic carbocycles. The Kier molecular flexibility index (Phi) is 6.32. The minimum absolute atomic E-state index is 0. The predicted octanol–water partition coefficient (Wildman–Crippen LogP) is -0.393. The van der Waals surface area contributed by atoms with Gasteiger partial charge in [0.15, 0.2) is 0 Å². The molecule has 0 aromatic rings. The Morgan fingerprint density at radius 3 is 1.44 bits per heavy atom. The number of hydrogen-bond acceptors (Lipinski definition) is 0. The standard InChI is InChI=1S/C6H16NSi.Li/c1-6(2)7-8(3,4)5;/h6H,1-5H3;/q-1;+1. The molecule has 0 aliphatic rings. The van der Waals surface area contributed by atoms with Gasteiger partial charge >= 0.3 is 18.9 Å². The van der Waals surface area contributed by atoms with Crippen LogP contribution in [0.1, 0.15) is 13.8 Å². The Bertz CT molecular complexity index is 67.9. The van der Waals surface area contributed by atoms with E-state index in [0.29, 0.717) is 6.04 Å². The molecule has 0 aliphatic carbocycles. The first kappa shape index (κ1) is 12.5. The zero-order valence-corrected chi connectivity index (χ0v) is 8.52. The molecule has 0 rings (SSSR count). The van der Waals surface area contributed by atoms with Gasteiger partial charge in [0.25, 0.3) is 0 Å². The third-order valence-electron chi connectivity index (χ3n) is 0.645. The molecule has 0 aromatic heterocycles. The average Bonchev–Trinajstić information content (AvgIpc) is 1.21. The van der Waals surface area contributed by atoms with Crippen LogP contribution in [0.2, 0.25) is 19.6 Å². The van der Waals surface area contributed by atoms with Gasteiger partial charge in [0.1, 0.15) is 0 Å². The van der Waals surface area contributed by atoms with Crippen LogP contribution in [0.5, 0.6) is 0 Å². The van der Waals surface area contributed by atoms with E-state index in [1.165, 1.54) is 0 Å². The van der Waals surface area contributed by atoms with Crippen LogP contribution >= 0.6 is 0 Å². The van der Waals surface area contributed by atoms with Crippen LogP contribution in [0.25, 0.3) is 4.98 Å². The minimum atomic E-state index is -1.10. The van der Waals surface area contributed by atoms with Gasteiger partial charge in [0, 0.05) is 0 Å². The van der Waals surface area contributed by atoms with Crippen molar-refractivity contribution in [3.05, 3.63) is 4.98 Å².